The van der Waals surface area contributed by atoms with Crippen molar-refractivity contribution in [3.8, 4) is 0 Å². The van der Waals surface area contributed by atoms with Crippen molar-refractivity contribution in [2.45, 2.75) is 105 Å². The van der Waals surface area contributed by atoms with Crippen LogP contribution in [0.3, 0.4) is 0 Å². The zero-order valence-corrected chi connectivity index (χ0v) is 23.5. The molecule has 0 saturated carbocycles. The maximum atomic E-state index is 6.60. The summed E-state index contributed by atoms with van der Waals surface area (Å²) in [7, 11) is -1.09. The molecule has 0 aliphatic carbocycles. The molecule has 0 aliphatic heterocycles. The van der Waals surface area contributed by atoms with Gasteiger partial charge in [0.1, 0.15) is 11.2 Å². The SMILES string of the molecule is Cp1oc2c(C(C)(C)C)cc(C(C)(C)C)cc2c2cc(C(C)(C)C)cc(C(C)(C)C)c2o1. The molecule has 1 heterocycles. The van der Waals surface area contributed by atoms with E-state index in [1.165, 1.54) is 33.0 Å². The van der Waals surface area contributed by atoms with Crippen LogP contribution in [-0.4, -0.2) is 0 Å². The monoisotopic (exact) mass is 454 g/mol. The Hall–Kier alpha value is -1.66. The Morgan fingerprint density at radius 2 is 0.812 bits per heavy atom. The summed E-state index contributed by atoms with van der Waals surface area (Å²) < 4.78 is 13.2. The molecular weight excluding hydrogens is 411 g/mol. The Labute approximate surface area is 196 Å². The number of hydrogen-bond donors (Lipinski definition) is 0. The standard InChI is InChI=1S/C29H43O2P/c1-26(2,3)18-14-20-21-15-19(27(4,5)6)17-23(29(10,11)12)25(21)31-32(13)30-24(20)22(16-18)28(7,8)9/h14-17H,1-13H3. The Morgan fingerprint density at radius 3 is 1.06 bits per heavy atom. The van der Waals surface area contributed by atoms with E-state index in [-0.39, 0.29) is 21.7 Å². The van der Waals surface area contributed by atoms with Crippen LogP contribution >= 0.6 is 8.01 Å². The molecule has 1 aromatic heterocycles. The van der Waals surface area contributed by atoms with E-state index in [1.807, 2.05) is 0 Å². The molecule has 2 nitrogen and oxygen atoms in total. The number of hydrogen-bond acceptors (Lipinski definition) is 2. The van der Waals surface area contributed by atoms with E-state index < -0.39 is 8.01 Å². The van der Waals surface area contributed by atoms with E-state index in [2.05, 4.69) is 114 Å². The summed E-state index contributed by atoms with van der Waals surface area (Å²) in [4.78, 5) is 0. The zero-order valence-electron chi connectivity index (χ0n) is 22.6. The summed E-state index contributed by atoms with van der Waals surface area (Å²) in [6, 6.07) is 9.40. The molecule has 3 heteroatoms. The van der Waals surface area contributed by atoms with E-state index in [9.17, 15) is 0 Å². The van der Waals surface area contributed by atoms with Gasteiger partial charge < -0.3 is 8.39 Å². The summed E-state index contributed by atoms with van der Waals surface area (Å²) in [5.74, 6) is 0. The molecule has 0 fully saturated rings. The predicted octanol–water partition coefficient (Wildman–Crippen LogP) is 10.0. The highest BCUT2D eigenvalue weighted by Gasteiger charge is 2.28. The lowest BCUT2D eigenvalue weighted by atomic mass is 9.77. The number of benzene rings is 2. The molecule has 0 saturated heterocycles. The van der Waals surface area contributed by atoms with Crippen LogP contribution < -0.4 is 0 Å². The van der Waals surface area contributed by atoms with Crippen LogP contribution in [0.1, 0.15) is 105 Å². The third kappa shape index (κ3) is 4.81. The van der Waals surface area contributed by atoms with Gasteiger partial charge in [-0.25, -0.2) is 0 Å². The van der Waals surface area contributed by atoms with Gasteiger partial charge in [-0.1, -0.05) is 95.2 Å². The summed E-state index contributed by atoms with van der Waals surface area (Å²) in [5, 5.41) is 2.33. The van der Waals surface area contributed by atoms with E-state index in [0.29, 0.717) is 0 Å². The molecule has 0 N–H and O–H groups in total. The van der Waals surface area contributed by atoms with E-state index in [4.69, 9.17) is 8.39 Å². The number of fused-ring (bicyclic) bond motifs is 3. The summed E-state index contributed by atoms with van der Waals surface area (Å²) in [6.45, 7) is 29.4. The predicted molar refractivity (Wildman–Crippen MR) is 142 cm³/mol. The van der Waals surface area contributed by atoms with Crippen LogP contribution in [0.4, 0.5) is 0 Å². The maximum Gasteiger partial charge on any atom is 0.213 e. The fourth-order valence-electron chi connectivity index (χ4n) is 4.11. The minimum absolute atomic E-state index is 0.0355. The minimum Gasteiger partial charge on any atom is -0.419 e. The quantitative estimate of drug-likeness (QED) is 0.338. The van der Waals surface area contributed by atoms with Crippen molar-refractivity contribution < 1.29 is 8.39 Å². The first-order valence-electron chi connectivity index (χ1n) is 11.8. The van der Waals surface area contributed by atoms with Crippen molar-refractivity contribution in [2.24, 2.45) is 6.66 Å². The number of aryl methyl sites for hydroxylation is 1. The molecule has 3 aromatic rings. The molecule has 0 radical (unpaired) electrons. The molecule has 0 spiro atoms. The second-order valence-corrected chi connectivity index (χ2v) is 14.7. The molecule has 3 rings (SSSR count). The maximum absolute atomic E-state index is 6.60. The van der Waals surface area contributed by atoms with E-state index in [0.717, 1.165) is 11.2 Å². The van der Waals surface area contributed by atoms with Gasteiger partial charge in [0, 0.05) is 28.6 Å². The highest BCUT2D eigenvalue weighted by atomic mass is 31.1. The molecule has 0 aliphatic rings. The molecular formula is C29H43O2P. The molecule has 0 amide bonds. The van der Waals surface area contributed by atoms with Gasteiger partial charge in [0.25, 0.3) is 0 Å². The number of rotatable bonds is 0. The van der Waals surface area contributed by atoms with Gasteiger partial charge in [-0.3, -0.25) is 0 Å². The van der Waals surface area contributed by atoms with Crippen molar-refractivity contribution in [3.05, 3.63) is 46.5 Å². The van der Waals surface area contributed by atoms with E-state index in [1.54, 1.807) is 0 Å². The summed E-state index contributed by atoms with van der Waals surface area (Å²) in [5.41, 5.74) is 7.14. The molecule has 0 atom stereocenters. The van der Waals surface area contributed by atoms with Crippen molar-refractivity contribution in [1.82, 2.24) is 0 Å². The fourth-order valence-corrected chi connectivity index (χ4v) is 5.06. The minimum atomic E-state index is -1.09. The van der Waals surface area contributed by atoms with Gasteiger partial charge >= 0.3 is 0 Å². The van der Waals surface area contributed by atoms with Gasteiger partial charge in [-0.05, 0) is 44.9 Å². The topological polar surface area (TPSA) is 26.3 Å². The van der Waals surface area contributed by atoms with Gasteiger partial charge in [-0.15, -0.1) is 0 Å². The average Bonchev–Trinajstić information content (AvgIpc) is 2.71. The normalized spacial score (nSPS) is 13.8. The van der Waals surface area contributed by atoms with Crippen molar-refractivity contribution in [3.63, 3.8) is 0 Å². The zero-order chi connectivity index (χ0) is 24.4. The molecule has 0 bridgehead atoms. The second-order valence-electron chi connectivity index (χ2n) is 13.4. The first kappa shape index (κ1) is 25.0. The first-order valence-corrected chi connectivity index (χ1v) is 13.4. The Kier molecular flexibility index (Phi) is 6.00. The highest BCUT2D eigenvalue weighted by Crippen LogP contribution is 2.44. The summed E-state index contributed by atoms with van der Waals surface area (Å²) >= 11 is 0. The molecule has 2 aromatic carbocycles. The van der Waals surface area contributed by atoms with E-state index >= 15 is 0 Å². The fraction of sp³-hybridized carbons (Fsp3) is 0.586. The lowest BCUT2D eigenvalue weighted by molar-refractivity contribution is 0.556. The van der Waals surface area contributed by atoms with Crippen LogP contribution in [0.5, 0.6) is 0 Å². The van der Waals surface area contributed by atoms with Crippen LogP contribution in [-0.2, 0) is 28.3 Å². The third-order valence-corrected chi connectivity index (χ3v) is 7.14. The highest BCUT2D eigenvalue weighted by molar-refractivity contribution is 7.35. The van der Waals surface area contributed by atoms with Crippen molar-refractivity contribution in [2.75, 3.05) is 0 Å². The van der Waals surface area contributed by atoms with Crippen LogP contribution in [0, 0.1) is 0 Å². The largest absolute Gasteiger partial charge is 0.419 e. The molecule has 176 valence electrons. The van der Waals surface area contributed by atoms with Gasteiger partial charge in [0.05, 0.1) is 0 Å². The molecule has 0 unspecified atom stereocenters. The van der Waals surface area contributed by atoms with Crippen LogP contribution in [0.25, 0.3) is 21.9 Å². The second kappa shape index (κ2) is 7.69. The smallest absolute Gasteiger partial charge is 0.213 e. The average molecular weight is 455 g/mol. The van der Waals surface area contributed by atoms with Gasteiger partial charge in [0.15, 0.2) is 0 Å². The third-order valence-electron chi connectivity index (χ3n) is 6.26. The van der Waals surface area contributed by atoms with Gasteiger partial charge in [-0.2, -0.15) is 0 Å². The van der Waals surface area contributed by atoms with Gasteiger partial charge in [0.2, 0.25) is 8.01 Å². The Bertz CT molecular complexity index is 1110. The lowest BCUT2D eigenvalue weighted by Crippen LogP contribution is -2.17. The Balaban J connectivity index is 2.74. The Morgan fingerprint density at radius 1 is 0.500 bits per heavy atom. The van der Waals surface area contributed by atoms with Crippen molar-refractivity contribution >= 4 is 30.0 Å². The van der Waals surface area contributed by atoms with Crippen molar-refractivity contribution in [1.29, 1.82) is 0 Å². The summed E-state index contributed by atoms with van der Waals surface area (Å²) in [6.07, 6.45) is 0. The lowest BCUT2D eigenvalue weighted by Gasteiger charge is -2.27. The van der Waals surface area contributed by atoms with Crippen LogP contribution in [0.2, 0.25) is 0 Å². The molecule has 32 heavy (non-hydrogen) atoms. The van der Waals surface area contributed by atoms with Crippen LogP contribution in [0.15, 0.2) is 32.7 Å². The first-order chi connectivity index (χ1) is 14.3.